The Kier molecular flexibility index (Phi) is 6.42. The lowest BCUT2D eigenvalue weighted by Gasteiger charge is -2.44. The van der Waals surface area contributed by atoms with Crippen LogP contribution in [-0.4, -0.2) is 19.5 Å². The number of hydrogen-bond acceptors (Lipinski definition) is 2. The molecule has 1 unspecified atom stereocenters. The van der Waals surface area contributed by atoms with Crippen LogP contribution in [0.2, 0.25) is 18.1 Å². The molecular weight excluding hydrogens is 372 g/mol. The van der Waals surface area contributed by atoms with E-state index in [0.29, 0.717) is 23.2 Å². The Morgan fingerprint density at radius 1 is 1.17 bits per heavy atom. The molecule has 5 atom stereocenters. The largest absolute Gasteiger partial charge is 0.543 e. The van der Waals surface area contributed by atoms with Crippen molar-refractivity contribution in [2.24, 2.45) is 23.2 Å². The van der Waals surface area contributed by atoms with E-state index in [1.807, 2.05) is 0 Å². The summed E-state index contributed by atoms with van der Waals surface area (Å²) in [5.41, 5.74) is 1.48. The van der Waals surface area contributed by atoms with Crippen molar-refractivity contribution in [2.45, 2.75) is 91.0 Å². The lowest BCUT2D eigenvalue weighted by molar-refractivity contribution is -0.0230. The molecule has 0 saturated heterocycles. The molecule has 2 fully saturated rings. The molecule has 2 aliphatic rings. The van der Waals surface area contributed by atoms with Gasteiger partial charge in [-0.25, -0.2) is 0 Å². The number of fused-ring (bicyclic) bond motifs is 1. The molecule has 0 amide bonds. The van der Waals surface area contributed by atoms with Gasteiger partial charge in [0, 0.05) is 5.56 Å². The molecule has 0 bridgehead atoms. The van der Waals surface area contributed by atoms with Gasteiger partial charge in [-0.15, -0.1) is 0 Å². The zero-order valence-electron chi connectivity index (χ0n) is 19.7. The fourth-order valence-corrected chi connectivity index (χ4v) is 6.62. The summed E-state index contributed by atoms with van der Waals surface area (Å²) >= 11 is 0. The molecule has 3 heteroatoms. The second-order valence-corrected chi connectivity index (χ2v) is 16.1. The van der Waals surface area contributed by atoms with Crippen molar-refractivity contribution in [3.8, 4) is 5.75 Å². The molecule has 1 N–H and O–H groups in total. The number of rotatable bonds is 5. The molecule has 0 aromatic heterocycles. The molecule has 162 valence electrons. The number of aliphatic hydroxyl groups excluding tert-OH is 1. The maximum Gasteiger partial charge on any atom is 0.250 e. The first-order chi connectivity index (χ1) is 13.5. The lowest BCUT2D eigenvalue weighted by Crippen LogP contribution is -2.44. The van der Waals surface area contributed by atoms with E-state index in [9.17, 15) is 5.11 Å². The predicted octanol–water partition coefficient (Wildman–Crippen LogP) is 7.30. The highest BCUT2D eigenvalue weighted by molar-refractivity contribution is 6.74. The highest BCUT2D eigenvalue weighted by Crippen LogP contribution is 2.57. The normalized spacial score (nSPS) is 31.7. The summed E-state index contributed by atoms with van der Waals surface area (Å²) in [7, 11) is -1.86. The van der Waals surface area contributed by atoms with Crippen molar-refractivity contribution in [2.75, 3.05) is 0 Å². The smallest absolute Gasteiger partial charge is 0.250 e. The highest BCUT2D eigenvalue weighted by atomic mass is 28.4. The Morgan fingerprint density at radius 2 is 1.86 bits per heavy atom. The topological polar surface area (TPSA) is 29.5 Å². The van der Waals surface area contributed by atoms with E-state index in [1.165, 1.54) is 31.2 Å². The molecule has 3 rings (SSSR count). The van der Waals surface area contributed by atoms with Crippen LogP contribution in [0.3, 0.4) is 0 Å². The minimum absolute atomic E-state index is 0.0892. The summed E-state index contributed by atoms with van der Waals surface area (Å²) in [5.74, 6) is 2.68. The Hall–Kier alpha value is -1.06. The van der Waals surface area contributed by atoms with Gasteiger partial charge in [-0.2, -0.15) is 0 Å². The van der Waals surface area contributed by atoms with E-state index < -0.39 is 8.32 Å². The van der Waals surface area contributed by atoms with Crippen LogP contribution in [0.4, 0.5) is 0 Å². The summed E-state index contributed by atoms with van der Waals surface area (Å²) in [6.45, 7) is 16.3. The average Bonchev–Trinajstić information content (AvgIpc) is 2.98. The van der Waals surface area contributed by atoms with Crippen molar-refractivity contribution >= 4 is 14.4 Å². The van der Waals surface area contributed by atoms with Gasteiger partial charge in [0.05, 0.1) is 6.10 Å². The number of benzene rings is 1. The van der Waals surface area contributed by atoms with Gasteiger partial charge in [0.15, 0.2) is 0 Å². The maximum absolute atomic E-state index is 10.5. The second-order valence-electron chi connectivity index (χ2n) is 11.4. The molecule has 2 nitrogen and oxygen atoms in total. The number of hydrogen-bond donors (Lipinski definition) is 1. The molecular formula is C26H42O2Si. The standard InChI is InChI=1S/C26H42O2Si/c1-19(21-16-17-22-23(27)12-10-18-26(21,22)5)14-15-20-11-8-9-13-24(20)28-29(6,7)25(2,3)4/h8-9,11,13-15,19,21-23,27H,10,12,16-18H2,1-7H3/b15-14+/t19-,21+,22?,23-,26+/m0/s1. The average molecular weight is 415 g/mol. The van der Waals surface area contributed by atoms with E-state index in [4.69, 9.17) is 4.43 Å². The first-order valence-electron chi connectivity index (χ1n) is 11.6. The molecule has 0 heterocycles. The van der Waals surface area contributed by atoms with E-state index in [2.05, 4.69) is 84.1 Å². The van der Waals surface area contributed by atoms with E-state index >= 15 is 0 Å². The Labute approximate surface area is 179 Å². The van der Waals surface area contributed by atoms with Gasteiger partial charge in [-0.05, 0) is 73.1 Å². The van der Waals surface area contributed by atoms with Crippen LogP contribution in [0.25, 0.3) is 6.08 Å². The van der Waals surface area contributed by atoms with Crippen molar-refractivity contribution < 1.29 is 9.53 Å². The molecule has 0 spiro atoms. The quantitative estimate of drug-likeness (QED) is 0.512. The van der Waals surface area contributed by atoms with Crippen molar-refractivity contribution in [3.63, 3.8) is 0 Å². The third-order valence-corrected chi connectivity index (χ3v) is 12.8. The van der Waals surface area contributed by atoms with Gasteiger partial charge >= 0.3 is 0 Å². The molecule has 1 aromatic rings. The molecule has 1 aromatic carbocycles. The van der Waals surface area contributed by atoms with Gasteiger partial charge in [0.1, 0.15) is 5.75 Å². The van der Waals surface area contributed by atoms with Crippen LogP contribution in [0, 0.1) is 23.2 Å². The fraction of sp³-hybridized carbons (Fsp3) is 0.692. The third kappa shape index (κ3) is 4.51. The van der Waals surface area contributed by atoms with E-state index in [1.54, 1.807) is 0 Å². The summed E-state index contributed by atoms with van der Waals surface area (Å²) < 4.78 is 6.63. The van der Waals surface area contributed by atoms with Gasteiger partial charge in [-0.3, -0.25) is 0 Å². The van der Waals surface area contributed by atoms with E-state index in [0.717, 1.165) is 12.2 Å². The Bertz CT molecular complexity index is 732. The van der Waals surface area contributed by atoms with Crippen LogP contribution in [0.1, 0.15) is 72.3 Å². The van der Waals surface area contributed by atoms with Crippen LogP contribution >= 0.6 is 0 Å². The maximum atomic E-state index is 10.5. The lowest BCUT2D eigenvalue weighted by atomic mass is 9.62. The van der Waals surface area contributed by atoms with Gasteiger partial charge in [-0.1, -0.05) is 71.4 Å². The van der Waals surface area contributed by atoms with Crippen LogP contribution in [0.15, 0.2) is 30.3 Å². The Balaban J connectivity index is 1.77. The fourth-order valence-electron chi connectivity index (χ4n) is 5.58. The van der Waals surface area contributed by atoms with Crippen LogP contribution in [-0.2, 0) is 0 Å². The summed E-state index contributed by atoms with van der Waals surface area (Å²) in [6.07, 6.45) is 10.4. The Morgan fingerprint density at radius 3 is 2.55 bits per heavy atom. The molecule has 2 saturated carbocycles. The zero-order valence-corrected chi connectivity index (χ0v) is 20.7. The van der Waals surface area contributed by atoms with Crippen molar-refractivity contribution in [1.29, 1.82) is 0 Å². The molecule has 2 aliphatic carbocycles. The first-order valence-corrected chi connectivity index (χ1v) is 14.5. The SMILES string of the molecule is C[C@@H](/C=C/c1ccccc1O[Si](C)(C)C(C)(C)C)[C@H]1CCC2[C@@H](O)CCC[C@@]21C. The molecule has 0 radical (unpaired) electrons. The number of aliphatic hydroxyl groups is 1. The van der Waals surface area contributed by atoms with E-state index in [-0.39, 0.29) is 11.1 Å². The third-order valence-electron chi connectivity index (χ3n) is 8.47. The predicted molar refractivity (Wildman–Crippen MR) is 127 cm³/mol. The summed E-state index contributed by atoms with van der Waals surface area (Å²) in [6, 6.07) is 8.48. The minimum atomic E-state index is -1.86. The molecule has 29 heavy (non-hydrogen) atoms. The zero-order chi connectivity index (χ0) is 21.4. The van der Waals surface area contributed by atoms with Gasteiger partial charge in [0.2, 0.25) is 0 Å². The molecule has 0 aliphatic heterocycles. The number of para-hydroxylation sites is 1. The van der Waals surface area contributed by atoms with Crippen LogP contribution in [0.5, 0.6) is 5.75 Å². The van der Waals surface area contributed by atoms with Gasteiger partial charge < -0.3 is 9.53 Å². The van der Waals surface area contributed by atoms with Crippen LogP contribution < -0.4 is 4.43 Å². The van der Waals surface area contributed by atoms with Crippen molar-refractivity contribution in [1.82, 2.24) is 0 Å². The van der Waals surface area contributed by atoms with Crippen molar-refractivity contribution in [3.05, 3.63) is 35.9 Å². The number of allylic oxidation sites excluding steroid dienone is 1. The first kappa shape index (κ1) is 22.6. The minimum Gasteiger partial charge on any atom is -0.543 e. The highest BCUT2D eigenvalue weighted by Gasteiger charge is 2.51. The summed E-state index contributed by atoms with van der Waals surface area (Å²) in [5, 5.41) is 10.7. The summed E-state index contributed by atoms with van der Waals surface area (Å²) in [4.78, 5) is 0. The second kappa shape index (κ2) is 8.23. The monoisotopic (exact) mass is 414 g/mol. The van der Waals surface area contributed by atoms with Gasteiger partial charge in [0.25, 0.3) is 8.32 Å².